The number of hydrogen-bond donors (Lipinski definition) is 3. The molecule has 0 spiro atoms. The van der Waals surface area contributed by atoms with Crippen LogP contribution in [0, 0.1) is 11.3 Å². The van der Waals surface area contributed by atoms with Crippen molar-refractivity contribution in [2.75, 3.05) is 0 Å². The predicted octanol–water partition coefficient (Wildman–Crippen LogP) is 0.701. The number of carboxylic acid groups (broad SMARTS) is 1. The summed E-state index contributed by atoms with van der Waals surface area (Å²) in [5.74, 6) is -2.08. The van der Waals surface area contributed by atoms with Crippen molar-refractivity contribution in [3.8, 4) is 0 Å². The zero-order chi connectivity index (χ0) is 13.8. The first-order valence-corrected chi connectivity index (χ1v) is 6.60. The number of fused-ring (bicyclic) bond motifs is 1. The molecule has 2 aliphatic carbocycles. The van der Waals surface area contributed by atoms with Crippen LogP contribution in [0.5, 0.6) is 0 Å². The van der Waals surface area contributed by atoms with Crippen LogP contribution in [0.2, 0.25) is 0 Å². The normalized spacial score (nSPS) is 44.4. The van der Waals surface area contributed by atoms with Gasteiger partial charge in [0.05, 0.1) is 0 Å². The van der Waals surface area contributed by atoms with Gasteiger partial charge in [-0.05, 0) is 38.0 Å². The van der Waals surface area contributed by atoms with Gasteiger partial charge in [0.15, 0.2) is 0 Å². The van der Waals surface area contributed by atoms with Gasteiger partial charge in [-0.3, -0.25) is 14.9 Å². The van der Waals surface area contributed by atoms with Crippen molar-refractivity contribution in [2.24, 2.45) is 17.1 Å². The Morgan fingerprint density at radius 1 is 1.53 bits per heavy atom. The number of aliphatic carboxylic acids is 1. The Labute approximate surface area is 110 Å². The molecule has 3 rings (SSSR count). The fraction of sp³-hybridized carbons (Fsp3) is 0.692. The topological polar surface area (TPSA) is 92.4 Å². The largest absolute Gasteiger partial charge is 0.480 e. The van der Waals surface area contributed by atoms with Gasteiger partial charge in [-0.1, -0.05) is 6.08 Å². The van der Waals surface area contributed by atoms with Crippen LogP contribution in [0.3, 0.4) is 0 Å². The van der Waals surface area contributed by atoms with Crippen molar-refractivity contribution in [3.63, 3.8) is 0 Å². The van der Waals surface area contributed by atoms with Crippen molar-refractivity contribution in [1.29, 1.82) is 0 Å². The molecule has 2 fully saturated rings. The molecule has 0 radical (unpaired) electrons. The molecular weight excluding hydrogens is 251 g/mol. The Morgan fingerprint density at radius 3 is 2.79 bits per heavy atom. The van der Waals surface area contributed by atoms with Gasteiger partial charge >= 0.3 is 5.97 Å². The number of primary amides is 1. The molecule has 4 N–H and O–H groups in total. The number of carboxylic acids is 1. The zero-order valence-electron chi connectivity index (χ0n) is 10.5. The zero-order valence-corrected chi connectivity index (χ0v) is 10.5. The highest BCUT2D eigenvalue weighted by Crippen LogP contribution is 2.65. The molecule has 1 aliphatic heterocycles. The number of carbonyl (C=O) groups excluding carboxylic acids is 1. The van der Waals surface area contributed by atoms with Gasteiger partial charge in [0.2, 0.25) is 5.91 Å². The maximum atomic E-state index is 14.4. The van der Waals surface area contributed by atoms with Crippen LogP contribution in [0.25, 0.3) is 0 Å². The van der Waals surface area contributed by atoms with E-state index in [-0.39, 0.29) is 5.92 Å². The first kappa shape index (κ1) is 12.6. The summed E-state index contributed by atoms with van der Waals surface area (Å²) in [4.78, 5) is 23.0. The second-order valence-corrected chi connectivity index (χ2v) is 5.86. The molecule has 5 nitrogen and oxygen atoms in total. The minimum atomic E-state index is -1.35. The molecule has 1 amide bonds. The van der Waals surface area contributed by atoms with Gasteiger partial charge in [0, 0.05) is 5.54 Å². The second kappa shape index (κ2) is 3.79. The summed E-state index contributed by atoms with van der Waals surface area (Å²) in [6.45, 7) is 0. The van der Waals surface area contributed by atoms with Crippen molar-refractivity contribution < 1.29 is 19.1 Å². The van der Waals surface area contributed by atoms with E-state index < -0.39 is 34.7 Å². The molecule has 1 saturated carbocycles. The lowest BCUT2D eigenvalue weighted by atomic mass is 9.69. The quantitative estimate of drug-likeness (QED) is 0.702. The van der Waals surface area contributed by atoms with Crippen LogP contribution in [0.4, 0.5) is 4.39 Å². The van der Waals surface area contributed by atoms with E-state index in [1.165, 1.54) is 6.08 Å². The molecule has 3 aliphatic rings. The van der Waals surface area contributed by atoms with E-state index in [0.29, 0.717) is 32.1 Å². The Hall–Kier alpha value is -1.43. The summed E-state index contributed by atoms with van der Waals surface area (Å²) in [7, 11) is 0. The summed E-state index contributed by atoms with van der Waals surface area (Å²) >= 11 is 0. The highest BCUT2D eigenvalue weighted by atomic mass is 19.1. The maximum Gasteiger partial charge on any atom is 0.320 e. The number of carbonyl (C=O) groups is 2. The van der Waals surface area contributed by atoms with Crippen LogP contribution in [-0.2, 0) is 9.59 Å². The summed E-state index contributed by atoms with van der Waals surface area (Å²) in [6, 6.07) is -0.704. The second-order valence-electron chi connectivity index (χ2n) is 5.86. The van der Waals surface area contributed by atoms with Gasteiger partial charge in [-0.2, -0.15) is 0 Å². The Bertz CT molecular complexity index is 492. The van der Waals surface area contributed by atoms with Crippen molar-refractivity contribution in [3.05, 3.63) is 11.9 Å². The van der Waals surface area contributed by atoms with E-state index in [9.17, 15) is 14.0 Å². The lowest BCUT2D eigenvalue weighted by Crippen LogP contribution is -2.57. The number of piperidine rings is 1. The smallest absolute Gasteiger partial charge is 0.320 e. The Morgan fingerprint density at radius 2 is 2.26 bits per heavy atom. The molecule has 1 heterocycles. The molecule has 6 heteroatoms. The Kier molecular flexibility index (Phi) is 2.51. The van der Waals surface area contributed by atoms with Gasteiger partial charge < -0.3 is 10.8 Å². The van der Waals surface area contributed by atoms with E-state index in [0.717, 1.165) is 0 Å². The third kappa shape index (κ3) is 1.43. The van der Waals surface area contributed by atoms with E-state index >= 15 is 0 Å². The van der Waals surface area contributed by atoms with Crippen LogP contribution in [0.15, 0.2) is 11.9 Å². The number of amides is 1. The molecule has 0 aromatic carbocycles. The van der Waals surface area contributed by atoms with E-state index in [4.69, 9.17) is 10.8 Å². The molecule has 104 valence electrons. The van der Waals surface area contributed by atoms with E-state index in [2.05, 4.69) is 5.32 Å². The third-order valence-electron chi connectivity index (χ3n) is 5.02. The average Bonchev–Trinajstić information content (AvgIpc) is 2.92. The fourth-order valence-corrected chi connectivity index (χ4v) is 4.04. The number of nitrogens with one attached hydrogen (secondary N) is 1. The molecule has 1 unspecified atom stereocenters. The lowest BCUT2D eigenvalue weighted by Gasteiger charge is -2.39. The van der Waals surface area contributed by atoms with E-state index in [1.54, 1.807) is 0 Å². The van der Waals surface area contributed by atoms with Crippen LogP contribution >= 0.6 is 0 Å². The Balaban J connectivity index is 2.00. The minimum Gasteiger partial charge on any atom is -0.480 e. The third-order valence-corrected chi connectivity index (χ3v) is 5.02. The van der Waals surface area contributed by atoms with Gasteiger partial charge in [0.25, 0.3) is 0 Å². The highest BCUT2D eigenvalue weighted by Gasteiger charge is 2.74. The van der Waals surface area contributed by atoms with Crippen LogP contribution in [-0.4, -0.2) is 28.6 Å². The van der Waals surface area contributed by atoms with Gasteiger partial charge in [0.1, 0.15) is 17.3 Å². The van der Waals surface area contributed by atoms with E-state index in [1.807, 2.05) is 0 Å². The number of nitrogens with two attached hydrogens (primary N) is 1. The van der Waals surface area contributed by atoms with Crippen LogP contribution < -0.4 is 11.1 Å². The maximum absolute atomic E-state index is 14.4. The standard InChI is InChI=1S/C13H17FN2O3/c14-9-3-1-2-4-12(9,11(15)19)13-6-7(13)5-8(16-13)10(17)18/h3,7-8,16H,1-2,4-6H2,(H2,15,19)(H,17,18)/t7-,8-,12?,13-/m0/s1. The molecule has 0 bridgehead atoms. The summed E-state index contributed by atoms with van der Waals surface area (Å²) in [5.41, 5.74) is 3.38. The van der Waals surface area contributed by atoms with Crippen molar-refractivity contribution in [2.45, 2.75) is 43.7 Å². The minimum absolute atomic E-state index is 0.0262. The van der Waals surface area contributed by atoms with Crippen molar-refractivity contribution in [1.82, 2.24) is 5.32 Å². The number of allylic oxidation sites excluding steroid dienone is 1. The number of halogens is 1. The average molecular weight is 268 g/mol. The molecule has 0 aromatic heterocycles. The van der Waals surface area contributed by atoms with Crippen molar-refractivity contribution >= 4 is 11.9 Å². The summed E-state index contributed by atoms with van der Waals surface area (Å²) in [5, 5.41) is 12.0. The summed E-state index contributed by atoms with van der Waals surface area (Å²) < 4.78 is 14.4. The fourth-order valence-electron chi connectivity index (χ4n) is 4.04. The lowest BCUT2D eigenvalue weighted by molar-refractivity contribution is -0.140. The van der Waals surface area contributed by atoms with Crippen LogP contribution in [0.1, 0.15) is 32.1 Å². The molecular formula is C13H17FN2O3. The predicted molar refractivity (Wildman–Crippen MR) is 64.7 cm³/mol. The van der Waals surface area contributed by atoms with Gasteiger partial charge in [-0.25, -0.2) is 4.39 Å². The van der Waals surface area contributed by atoms with Gasteiger partial charge in [-0.15, -0.1) is 0 Å². The molecule has 0 aromatic rings. The number of hydrogen-bond acceptors (Lipinski definition) is 3. The summed E-state index contributed by atoms with van der Waals surface area (Å²) in [6.07, 6.45) is 4.15. The molecule has 4 atom stereocenters. The number of rotatable bonds is 3. The first-order valence-electron chi connectivity index (χ1n) is 6.60. The molecule has 1 saturated heterocycles. The first-order chi connectivity index (χ1) is 8.94. The monoisotopic (exact) mass is 268 g/mol. The SMILES string of the molecule is NC(=O)C1([C@]23C[C@@H]2C[C@@H](C(=O)O)N3)CCCC=C1F. The molecule has 19 heavy (non-hydrogen) atoms. The highest BCUT2D eigenvalue weighted by molar-refractivity contribution is 5.87.